The highest BCUT2D eigenvalue weighted by molar-refractivity contribution is 6.34. The highest BCUT2D eigenvalue weighted by Crippen LogP contribution is 2.24. The van der Waals surface area contributed by atoms with Crippen molar-refractivity contribution in [1.82, 2.24) is 10.3 Å². The first-order valence-electron chi connectivity index (χ1n) is 7.15. The number of aromatic nitrogens is 1. The molecule has 21 heavy (non-hydrogen) atoms. The lowest BCUT2D eigenvalue weighted by Gasteiger charge is -2.22. The first-order chi connectivity index (χ1) is 10.3. The Morgan fingerprint density at radius 1 is 1.38 bits per heavy atom. The lowest BCUT2D eigenvalue weighted by atomic mass is 10.0. The molecule has 1 aliphatic heterocycles. The van der Waals surface area contributed by atoms with Crippen molar-refractivity contribution in [2.24, 2.45) is 5.92 Å². The molecule has 4 nitrogen and oxygen atoms in total. The fourth-order valence-corrected chi connectivity index (χ4v) is 2.85. The highest BCUT2D eigenvalue weighted by Gasteiger charge is 2.17. The fraction of sp³-hybridized carbons (Fsp3) is 0.375. The van der Waals surface area contributed by atoms with Crippen LogP contribution in [0.25, 0.3) is 10.8 Å². The minimum absolute atomic E-state index is 0.110. The van der Waals surface area contributed by atoms with Gasteiger partial charge in [0.25, 0.3) is 5.91 Å². The maximum absolute atomic E-state index is 12.4. The lowest BCUT2D eigenvalue weighted by Crippen LogP contribution is -2.33. The van der Waals surface area contributed by atoms with Crippen LogP contribution in [-0.4, -0.2) is 30.6 Å². The van der Waals surface area contributed by atoms with Crippen molar-refractivity contribution < 1.29 is 9.53 Å². The molecule has 1 saturated heterocycles. The van der Waals surface area contributed by atoms with E-state index in [0.717, 1.165) is 36.8 Å². The highest BCUT2D eigenvalue weighted by atomic mass is 35.5. The Kier molecular flexibility index (Phi) is 4.36. The summed E-state index contributed by atoms with van der Waals surface area (Å²) in [6.45, 7) is 2.19. The van der Waals surface area contributed by atoms with Crippen molar-refractivity contribution in [3.05, 3.63) is 41.2 Å². The van der Waals surface area contributed by atoms with E-state index in [9.17, 15) is 4.79 Å². The number of fused-ring (bicyclic) bond motifs is 1. The number of pyridine rings is 1. The molecule has 3 rings (SSSR count). The Balaban J connectivity index is 1.77. The molecule has 2 aromatic rings. The number of benzene rings is 1. The third-order valence-corrected chi connectivity index (χ3v) is 4.10. The van der Waals surface area contributed by atoms with Gasteiger partial charge in [0.1, 0.15) is 5.15 Å². The third-order valence-electron chi connectivity index (χ3n) is 3.80. The standard InChI is InChI=1S/C16H17ClN2O2/c17-15-13-6-2-1-5-12(13)14(9-18-15)16(20)19-8-11-4-3-7-21-10-11/h1-2,5-6,9,11H,3-4,7-8,10H2,(H,19,20). The molecule has 1 aromatic carbocycles. The second-order valence-corrected chi connectivity index (χ2v) is 5.66. The maximum atomic E-state index is 12.4. The Labute approximate surface area is 128 Å². The summed E-state index contributed by atoms with van der Waals surface area (Å²) in [6, 6.07) is 7.54. The molecule has 0 aliphatic carbocycles. The van der Waals surface area contributed by atoms with Gasteiger partial charge >= 0.3 is 0 Å². The number of hydrogen-bond acceptors (Lipinski definition) is 3. The minimum Gasteiger partial charge on any atom is -0.381 e. The molecule has 1 aromatic heterocycles. The average molecular weight is 305 g/mol. The zero-order valence-electron chi connectivity index (χ0n) is 11.6. The molecule has 0 saturated carbocycles. The summed E-state index contributed by atoms with van der Waals surface area (Å²) in [6.07, 6.45) is 3.70. The van der Waals surface area contributed by atoms with E-state index in [4.69, 9.17) is 16.3 Å². The maximum Gasteiger partial charge on any atom is 0.253 e. The molecular formula is C16H17ClN2O2. The predicted molar refractivity (Wildman–Crippen MR) is 82.6 cm³/mol. The Morgan fingerprint density at radius 2 is 2.19 bits per heavy atom. The van der Waals surface area contributed by atoms with Gasteiger partial charge in [-0.2, -0.15) is 0 Å². The van der Waals surface area contributed by atoms with Gasteiger partial charge in [0.05, 0.1) is 12.2 Å². The van der Waals surface area contributed by atoms with Gasteiger partial charge in [-0.1, -0.05) is 35.9 Å². The monoisotopic (exact) mass is 304 g/mol. The van der Waals surface area contributed by atoms with E-state index in [0.29, 0.717) is 23.2 Å². The summed E-state index contributed by atoms with van der Waals surface area (Å²) >= 11 is 6.07. The van der Waals surface area contributed by atoms with Crippen LogP contribution < -0.4 is 5.32 Å². The van der Waals surface area contributed by atoms with E-state index < -0.39 is 0 Å². The molecule has 1 fully saturated rings. The number of nitrogens with zero attached hydrogens (tertiary/aromatic N) is 1. The molecule has 1 unspecified atom stereocenters. The Hall–Kier alpha value is -1.65. The summed E-state index contributed by atoms with van der Waals surface area (Å²) in [7, 11) is 0. The average Bonchev–Trinajstić information content (AvgIpc) is 2.54. The van der Waals surface area contributed by atoms with E-state index in [1.54, 1.807) is 0 Å². The van der Waals surface area contributed by atoms with Crippen LogP contribution in [0.5, 0.6) is 0 Å². The number of carbonyl (C=O) groups excluding carboxylic acids is 1. The number of hydrogen-bond donors (Lipinski definition) is 1. The quantitative estimate of drug-likeness (QED) is 0.887. The van der Waals surface area contributed by atoms with Crippen molar-refractivity contribution in [2.75, 3.05) is 19.8 Å². The van der Waals surface area contributed by atoms with Crippen molar-refractivity contribution in [1.29, 1.82) is 0 Å². The van der Waals surface area contributed by atoms with Crippen LogP contribution in [0.15, 0.2) is 30.5 Å². The van der Waals surface area contributed by atoms with Crippen LogP contribution in [0.1, 0.15) is 23.2 Å². The molecule has 0 radical (unpaired) electrons. The van der Waals surface area contributed by atoms with E-state index in [-0.39, 0.29) is 5.91 Å². The summed E-state index contributed by atoms with van der Waals surface area (Å²) in [4.78, 5) is 16.5. The summed E-state index contributed by atoms with van der Waals surface area (Å²) in [5.41, 5.74) is 0.562. The molecule has 110 valence electrons. The van der Waals surface area contributed by atoms with Gasteiger partial charge in [-0.3, -0.25) is 4.79 Å². The first-order valence-corrected chi connectivity index (χ1v) is 7.52. The third kappa shape index (κ3) is 3.17. The number of halogens is 1. The lowest BCUT2D eigenvalue weighted by molar-refractivity contribution is 0.0536. The number of carbonyl (C=O) groups is 1. The number of nitrogens with one attached hydrogen (secondary N) is 1. The van der Waals surface area contributed by atoms with Gasteiger partial charge in [-0.25, -0.2) is 4.98 Å². The molecule has 0 bridgehead atoms. The molecule has 0 spiro atoms. The zero-order chi connectivity index (χ0) is 14.7. The SMILES string of the molecule is O=C(NCC1CCCOC1)c1cnc(Cl)c2ccccc12. The van der Waals surface area contributed by atoms with Gasteiger partial charge in [-0.15, -0.1) is 0 Å². The first kappa shape index (κ1) is 14.3. The number of rotatable bonds is 3. The predicted octanol–water partition coefficient (Wildman–Crippen LogP) is 3.04. The summed E-state index contributed by atoms with van der Waals surface area (Å²) < 4.78 is 5.42. The molecule has 5 heteroatoms. The van der Waals surface area contributed by atoms with Gasteiger partial charge in [-0.05, 0) is 24.1 Å². The second-order valence-electron chi connectivity index (χ2n) is 5.30. The van der Waals surface area contributed by atoms with Gasteiger partial charge in [0, 0.05) is 24.7 Å². The fourth-order valence-electron chi connectivity index (χ4n) is 2.64. The topological polar surface area (TPSA) is 51.2 Å². The van der Waals surface area contributed by atoms with E-state index in [1.165, 1.54) is 6.20 Å². The number of ether oxygens (including phenoxy) is 1. The van der Waals surface area contributed by atoms with E-state index in [2.05, 4.69) is 10.3 Å². The molecule has 1 N–H and O–H groups in total. The van der Waals surface area contributed by atoms with Gasteiger partial charge in [0.2, 0.25) is 0 Å². The normalized spacial score (nSPS) is 18.6. The summed E-state index contributed by atoms with van der Waals surface area (Å²) in [5.74, 6) is 0.287. The number of amides is 1. The van der Waals surface area contributed by atoms with Crippen molar-refractivity contribution in [3.8, 4) is 0 Å². The van der Waals surface area contributed by atoms with Crippen LogP contribution in [0.3, 0.4) is 0 Å². The molecule has 2 heterocycles. The second kappa shape index (κ2) is 6.41. The van der Waals surface area contributed by atoms with Crippen LogP contribution in [0.2, 0.25) is 5.15 Å². The molecular weight excluding hydrogens is 288 g/mol. The van der Waals surface area contributed by atoms with Gasteiger partial charge in [0.15, 0.2) is 0 Å². The minimum atomic E-state index is -0.110. The van der Waals surface area contributed by atoms with Crippen LogP contribution in [0.4, 0.5) is 0 Å². The van der Waals surface area contributed by atoms with Crippen LogP contribution >= 0.6 is 11.6 Å². The molecule has 1 atom stereocenters. The van der Waals surface area contributed by atoms with Crippen LogP contribution in [-0.2, 0) is 4.74 Å². The molecule has 1 amide bonds. The smallest absolute Gasteiger partial charge is 0.253 e. The zero-order valence-corrected chi connectivity index (χ0v) is 12.4. The van der Waals surface area contributed by atoms with E-state index in [1.807, 2.05) is 24.3 Å². The molecule has 1 aliphatic rings. The van der Waals surface area contributed by atoms with Gasteiger partial charge < -0.3 is 10.1 Å². The Bertz CT molecular complexity index is 654. The Morgan fingerprint density at radius 3 is 2.95 bits per heavy atom. The largest absolute Gasteiger partial charge is 0.381 e. The van der Waals surface area contributed by atoms with E-state index >= 15 is 0 Å². The van der Waals surface area contributed by atoms with Crippen molar-refractivity contribution in [3.63, 3.8) is 0 Å². The van der Waals surface area contributed by atoms with Crippen molar-refractivity contribution >= 4 is 28.3 Å². The summed E-state index contributed by atoms with van der Waals surface area (Å²) in [5, 5.41) is 5.03. The van der Waals surface area contributed by atoms with Crippen LogP contribution in [0, 0.1) is 5.92 Å². The van der Waals surface area contributed by atoms with Crippen molar-refractivity contribution in [2.45, 2.75) is 12.8 Å².